The van der Waals surface area contributed by atoms with Gasteiger partial charge in [-0.25, -0.2) is 4.79 Å². The molecule has 0 aliphatic carbocycles. The molecule has 0 saturated heterocycles. The number of carbonyl (C=O) groups is 1. The lowest BCUT2D eigenvalue weighted by molar-refractivity contribution is -0.141. The molecule has 6 nitrogen and oxygen atoms in total. The minimum atomic E-state index is -1.17. The SMILES string of the molecule is COCCOc1cccc(O)c1C1=NC(C)(C(=O)O)CS1. The average Bonchev–Trinajstić information content (AvgIpc) is 2.83. The molecule has 1 unspecified atom stereocenters. The lowest BCUT2D eigenvalue weighted by atomic mass is 10.1. The van der Waals surface area contributed by atoms with Crippen molar-refractivity contribution in [1.82, 2.24) is 0 Å². The van der Waals surface area contributed by atoms with Gasteiger partial charge in [-0.05, 0) is 19.1 Å². The van der Waals surface area contributed by atoms with Crippen molar-refractivity contribution in [2.45, 2.75) is 12.5 Å². The number of carboxylic acid groups (broad SMARTS) is 1. The molecule has 2 N–H and O–H groups in total. The van der Waals surface area contributed by atoms with E-state index in [4.69, 9.17) is 9.47 Å². The number of ether oxygens (including phenoxy) is 2. The zero-order valence-electron chi connectivity index (χ0n) is 11.8. The number of carboxylic acids is 1. The van der Waals surface area contributed by atoms with E-state index in [1.807, 2.05) is 0 Å². The number of methoxy groups -OCH3 is 1. The summed E-state index contributed by atoms with van der Waals surface area (Å²) in [6, 6.07) is 4.90. The van der Waals surface area contributed by atoms with Crippen molar-refractivity contribution >= 4 is 22.8 Å². The Kier molecular flexibility index (Phi) is 4.74. The standard InChI is InChI=1S/C14H17NO5S/c1-14(13(17)18)8-21-12(15-14)11-9(16)4-3-5-10(11)20-7-6-19-2/h3-5,16H,6-8H2,1-2H3,(H,17,18). The van der Waals surface area contributed by atoms with Crippen molar-refractivity contribution < 1.29 is 24.5 Å². The first-order chi connectivity index (χ1) is 9.98. The molecule has 2 rings (SSSR count). The van der Waals surface area contributed by atoms with Crippen LogP contribution in [0.1, 0.15) is 12.5 Å². The van der Waals surface area contributed by atoms with Crippen molar-refractivity contribution in [3.05, 3.63) is 23.8 Å². The summed E-state index contributed by atoms with van der Waals surface area (Å²) in [6.45, 7) is 2.31. The molecule has 7 heteroatoms. The Balaban J connectivity index is 2.33. The number of thioether (sulfide) groups is 1. The Hall–Kier alpha value is -1.73. The molecule has 114 valence electrons. The zero-order chi connectivity index (χ0) is 15.5. The number of rotatable bonds is 6. The quantitative estimate of drug-likeness (QED) is 0.778. The third-order valence-electron chi connectivity index (χ3n) is 3.06. The van der Waals surface area contributed by atoms with Crippen LogP contribution in [0.15, 0.2) is 23.2 Å². The Labute approximate surface area is 126 Å². The number of nitrogens with zero attached hydrogens (tertiary/aromatic N) is 1. The highest BCUT2D eigenvalue weighted by atomic mass is 32.2. The molecule has 0 spiro atoms. The van der Waals surface area contributed by atoms with E-state index in [0.717, 1.165) is 0 Å². The van der Waals surface area contributed by atoms with Gasteiger partial charge in [0.05, 0.1) is 12.2 Å². The minimum absolute atomic E-state index is 0.0193. The molecule has 0 aromatic heterocycles. The smallest absolute Gasteiger partial charge is 0.332 e. The van der Waals surface area contributed by atoms with E-state index in [0.29, 0.717) is 35.3 Å². The highest BCUT2D eigenvalue weighted by Crippen LogP contribution is 2.38. The molecule has 1 atom stereocenters. The van der Waals surface area contributed by atoms with Crippen molar-refractivity contribution in [3.63, 3.8) is 0 Å². The molecule has 1 aromatic rings. The topological polar surface area (TPSA) is 88.4 Å². The highest BCUT2D eigenvalue weighted by molar-refractivity contribution is 8.14. The summed E-state index contributed by atoms with van der Waals surface area (Å²) in [5.41, 5.74) is -0.741. The van der Waals surface area contributed by atoms with Crippen LogP contribution in [0.5, 0.6) is 11.5 Å². The maximum Gasteiger partial charge on any atom is 0.332 e. The second-order valence-electron chi connectivity index (χ2n) is 4.78. The summed E-state index contributed by atoms with van der Waals surface area (Å²) in [4.78, 5) is 15.5. The summed E-state index contributed by atoms with van der Waals surface area (Å²) in [5, 5.41) is 19.8. The van der Waals surface area contributed by atoms with E-state index in [9.17, 15) is 15.0 Å². The molecule has 0 saturated carbocycles. The first-order valence-corrected chi connectivity index (χ1v) is 7.36. The molecular weight excluding hydrogens is 294 g/mol. The fraction of sp³-hybridized carbons (Fsp3) is 0.429. The lowest BCUT2D eigenvalue weighted by Gasteiger charge is -2.13. The molecule has 0 fully saturated rings. The number of hydrogen-bond acceptors (Lipinski definition) is 6. The van der Waals surface area contributed by atoms with Crippen LogP contribution < -0.4 is 4.74 Å². The van der Waals surface area contributed by atoms with Gasteiger partial charge in [-0.1, -0.05) is 6.07 Å². The second kappa shape index (κ2) is 6.36. The van der Waals surface area contributed by atoms with Crippen LogP contribution in [-0.2, 0) is 9.53 Å². The molecular formula is C14H17NO5S. The molecule has 1 aliphatic rings. The Morgan fingerprint density at radius 3 is 2.86 bits per heavy atom. The van der Waals surface area contributed by atoms with Crippen molar-refractivity contribution in [1.29, 1.82) is 0 Å². The van der Waals surface area contributed by atoms with Crippen LogP contribution in [0.3, 0.4) is 0 Å². The predicted octanol–water partition coefficient (Wildman–Crippen LogP) is 1.75. The van der Waals surface area contributed by atoms with Crippen LogP contribution in [0, 0.1) is 0 Å². The first-order valence-electron chi connectivity index (χ1n) is 6.38. The number of aliphatic imine (C=N–C) groups is 1. The van der Waals surface area contributed by atoms with Crippen LogP contribution >= 0.6 is 11.8 Å². The average molecular weight is 311 g/mol. The number of aromatic hydroxyl groups is 1. The number of hydrogen-bond donors (Lipinski definition) is 2. The lowest BCUT2D eigenvalue weighted by Crippen LogP contribution is -2.33. The monoisotopic (exact) mass is 311 g/mol. The highest BCUT2D eigenvalue weighted by Gasteiger charge is 2.39. The first kappa shape index (κ1) is 15.7. The molecule has 0 radical (unpaired) electrons. The van der Waals surface area contributed by atoms with E-state index >= 15 is 0 Å². The zero-order valence-corrected chi connectivity index (χ0v) is 12.6. The normalized spacial score (nSPS) is 21.1. The summed E-state index contributed by atoms with van der Waals surface area (Å²) in [6.07, 6.45) is 0. The summed E-state index contributed by atoms with van der Waals surface area (Å²) < 4.78 is 10.5. The third-order valence-corrected chi connectivity index (χ3v) is 4.34. The number of benzene rings is 1. The van der Waals surface area contributed by atoms with E-state index in [2.05, 4.69) is 4.99 Å². The largest absolute Gasteiger partial charge is 0.507 e. The molecule has 1 aliphatic heterocycles. The van der Waals surface area contributed by atoms with Gasteiger partial charge >= 0.3 is 5.97 Å². The predicted molar refractivity (Wildman–Crippen MR) is 80.5 cm³/mol. The van der Waals surface area contributed by atoms with Gasteiger partial charge in [-0.3, -0.25) is 4.99 Å². The van der Waals surface area contributed by atoms with E-state index < -0.39 is 11.5 Å². The summed E-state index contributed by atoms with van der Waals surface area (Å²) in [5.74, 6) is -0.176. The maximum atomic E-state index is 11.3. The Morgan fingerprint density at radius 2 is 2.24 bits per heavy atom. The van der Waals surface area contributed by atoms with Crippen LogP contribution in [0.25, 0.3) is 0 Å². The molecule has 21 heavy (non-hydrogen) atoms. The van der Waals surface area contributed by atoms with E-state index in [1.54, 1.807) is 26.2 Å². The van der Waals surface area contributed by atoms with E-state index in [-0.39, 0.29) is 5.75 Å². The van der Waals surface area contributed by atoms with Crippen molar-refractivity contribution in [3.8, 4) is 11.5 Å². The van der Waals surface area contributed by atoms with Crippen LogP contribution in [0.4, 0.5) is 0 Å². The van der Waals surface area contributed by atoms with Gasteiger partial charge in [0.25, 0.3) is 0 Å². The van der Waals surface area contributed by atoms with Gasteiger partial charge in [-0.2, -0.15) is 0 Å². The van der Waals surface area contributed by atoms with Gasteiger partial charge in [0.15, 0.2) is 5.54 Å². The fourth-order valence-electron chi connectivity index (χ4n) is 1.82. The molecule has 1 aromatic carbocycles. The number of phenolic OH excluding ortho intramolecular Hbond substituents is 1. The van der Waals surface area contributed by atoms with Crippen LogP contribution in [0.2, 0.25) is 0 Å². The fourth-order valence-corrected chi connectivity index (χ4v) is 3.05. The van der Waals surface area contributed by atoms with Gasteiger partial charge in [0, 0.05) is 12.9 Å². The van der Waals surface area contributed by atoms with Gasteiger partial charge < -0.3 is 19.7 Å². The maximum absolute atomic E-state index is 11.3. The Morgan fingerprint density at radius 1 is 1.48 bits per heavy atom. The Bertz CT molecular complexity index is 574. The second-order valence-corrected chi connectivity index (χ2v) is 5.74. The van der Waals surface area contributed by atoms with E-state index in [1.165, 1.54) is 17.8 Å². The van der Waals surface area contributed by atoms with Crippen molar-refractivity contribution in [2.24, 2.45) is 4.99 Å². The number of aliphatic carboxylic acids is 1. The molecule has 1 heterocycles. The molecule has 0 bridgehead atoms. The van der Waals surface area contributed by atoms with Gasteiger partial charge in [0.2, 0.25) is 0 Å². The molecule has 0 amide bonds. The van der Waals surface area contributed by atoms with Crippen molar-refractivity contribution in [2.75, 3.05) is 26.1 Å². The number of phenols is 1. The van der Waals surface area contributed by atoms with Crippen LogP contribution in [-0.4, -0.2) is 52.8 Å². The minimum Gasteiger partial charge on any atom is -0.507 e. The summed E-state index contributed by atoms with van der Waals surface area (Å²) >= 11 is 1.30. The summed E-state index contributed by atoms with van der Waals surface area (Å²) in [7, 11) is 1.57. The van der Waals surface area contributed by atoms with Gasteiger partial charge in [0.1, 0.15) is 23.1 Å². The third kappa shape index (κ3) is 3.30. The van der Waals surface area contributed by atoms with Gasteiger partial charge in [-0.15, -0.1) is 11.8 Å².